The van der Waals surface area contributed by atoms with Gasteiger partial charge in [-0.1, -0.05) is 0 Å². The SMILES string of the molecule is COc1ccc(-c2cc(C3CC3)nc(=S)n2CC(=O)NCCNC(=O)C(C)N)c(OC)c1. The van der Waals surface area contributed by atoms with Crippen molar-refractivity contribution in [2.45, 2.75) is 38.3 Å². The van der Waals surface area contributed by atoms with Gasteiger partial charge in [0.25, 0.3) is 0 Å². The number of methoxy groups -OCH3 is 2. The number of hydrogen-bond donors (Lipinski definition) is 3. The third kappa shape index (κ3) is 5.83. The molecule has 9 nitrogen and oxygen atoms in total. The number of ether oxygens (including phenoxy) is 2. The maximum absolute atomic E-state index is 12.6. The standard InChI is InChI=1S/C22H29N5O4S/c1-13(23)21(29)25-9-8-24-20(28)12-27-18(11-17(14-4-5-14)26-22(27)32)16-7-6-15(30-2)10-19(16)31-3/h6-7,10-11,13-14H,4-5,8-9,12,23H2,1-3H3,(H,24,28)(H,25,29). The average Bonchev–Trinajstić information content (AvgIpc) is 3.62. The largest absolute Gasteiger partial charge is 0.497 e. The van der Waals surface area contributed by atoms with Crippen LogP contribution in [-0.4, -0.2) is 54.7 Å². The van der Waals surface area contributed by atoms with Crippen molar-refractivity contribution in [2.24, 2.45) is 5.73 Å². The number of nitrogens with two attached hydrogens (primary N) is 1. The molecule has 0 aliphatic heterocycles. The lowest BCUT2D eigenvalue weighted by atomic mass is 10.1. The van der Waals surface area contributed by atoms with Crippen molar-refractivity contribution in [1.29, 1.82) is 0 Å². The van der Waals surface area contributed by atoms with Crippen molar-refractivity contribution >= 4 is 24.0 Å². The molecule has 1 aliphatic rings. The van der Waals surface area contributed by atoms with E-state index in [0.717, 1.165) is 29.8 Å². The van der Waals surface area contributed by atoms with Crippen molar-refractivity contribution in [2.75, 3.05) is 27.3 Å². The number of aromatic nitrogens is 2. The van der Waals surface area contributed by atoms with Crippen LogP contribution in [0.4, 0.5) is 0 Å². The van der Waals surface area contributed by atoms with Crippen LogP contribution in [0.3, 0.4) is 0 Å². The van der Waals surface area contributed by atoms with Crippen LogP contribution in [0.5, 0.6) is 11.5 Å². The lowest BCUT2D eigenvalue weighted by molar-refractivity contribution is -0.123. The Morgan fingerprint density at radius 3 is 2.56 bits per heavy atom. The van der Waals surface area contributed by atoms with E-state index in [1.54, 1.807) is 31.8 Å². The number of amides is 2. The zero-order chi connectivity index (χ0) is 23.3. The van der Waals surface area contributed by atoms with Gasteiger partial charge in [0.05, 0.1) is 26.0 Å². The molecule has 0 saturated heterocycles. The second kappa shape index (κ2) is 10.6. The maximum Gasteiger partial charge on any atom is 0.240 e. The van der Waals surface area contributed by atoms with E-state index in [2.05, 4.69) is 15.6 Å². The van der Waals surface area contributed by atoms with Crippen molar-refractivity contribution in [3.05, 3.63) is 34.7 Å². The van der Waals surface area contributed by atoms with E-state index in [4.69, 9.17) is 27.4 Å². The number of rotatable bonds is 10. The molecule has 1 heterocycles. The molecular formula is C22H29N5O4S. The Morgan fingerprint density at radius 2 is 1.94 bits per heavy atom. The second-order valence-corrected chi connectivity index (χ2v) is 8.07. The molecule has 1 saturated carbocycles. The zero-order valence-corrected chi connectivity index (χ0v) is 19.3. The Kier molecular flexibility index (Phi) is 7.81. The van der Waals surface area contributed by atoms with Crippen LogP contribution in [0.1, 0.15) is 31.4 Å². The summed E-state index contributed by atoms with van der Waals surface area (Å²) in [5, 5.41) is 5.44. The van der Waals surface area contributed by atoms with Gasteiger partial charge in [-0.05, 0) is 50.2 Å². The first-order valence-corrected chi connectivity index (χ1v) is 10.9. The summed E-state index contributed by atoms with van der Waals surface area (Å²) in [5.74, 6) is 1.16. The minimum absolute atomic E-state index is 0.0114. The lowest BCUT2D eigenvalue weighted by Crippen LogP contribution is -2.42. The Morgan fingerprint density at radius 1 is 1.22 bits per heavy atom. The molecule has 4 N–H and O–H groups in total. The first kappa shape index (κ1) is 23.7. The molecule has 172 valence electrons. The summed E-state index contributed by atoms with van der Waals surface area (Å²) < 4.78 is 12.9. The molecule has 1 atom stereocenters. The van der Waals surface area contributed by atoms with Gasteiger partial charge in [0.1, 0.15) is 18.0 Å². The molecule has 2 amide bonds. The van der Waals surface area contributed by atoms with Crippen LogP contribution in [-0.2, 0) is 16.1 Å². The molecule has 1 aromatic heterocycles. The summed E-state index contributed by atoms with van der Waals surface area (Å²) >= 11 is 5.55. The van der Waals surface area contributed by atoms with Gasteiger partial charge in [-0.3, -0.25) is 9.59 Å². The normalized spacial score (nSPS) is 13.9. The van der Waals surface area contributed by atoms with E-state index >= 15 is 0 Å². The van der Waals surface area contributed by atoms with Gasteiger partial charge in [0, 0.05) is 36.3 Å². The zero-order valence-electron chi connectivity index (χ0n) is 18.5. The summed E-state index contributed by atoms with van der Waals surface area (Å²) in [6, 6.07) is 6.90. The average molecular weight is 460 g/mol. The molecule has 1 aromatic carbocycles. The molecule has 2 aromatic rings. The second-order valence-electron chi connectivity index (χ2n) is 7.71. The van der Waals surface area contributed by atoms with Crippen molar-refractivity contribution in [3.8, 4) is 22.8 Å². The van der Waals surface area contributed by atoms with Gasteiger partial charge in [-0.15, -0.1) is 0 Å². The molecular weight excluding hydrogens is 430 g/mol. The molecule has 1 aliphatic carbocycles. The van der Waals surface area contributed by atoms with E-state index in [1.807, 2.05) is 18.2 Å². The van der Waals surface area contributed by atoms with Gasteiger partial charge in [0.15, 0.2) is 0 Å². The summed E-state index contributed by atoms with van der Waals surface area (Å²) in [6.45, 7) is 2.15. The number of nitrogens with zero attached hydrogens (tertiary/aromatic N) is 2. The summed E-state index contributed by atoms with van der Waals surface area (Å²) in [5.41, 5.74) is 7.99. The molecule has 0 bridgehead atoms. The van der Waals surface area contributed by atoms with Crippen LogP contribution >= 0.6 is 12.2 Å². The predicted molar refractivity (Wildman–Crippen MR) is 123 cm³/mol. The molecule has 10 heteroatoms. The number of nitrogens with one attached hydrogen (secondary N) is 2. The highest BCUT2D eigenvalue weighted by molar-refractivity contribution is 7.71. The lowest BCUT2D eigenvalue weighted by Gasteiger charge is -2.18. The third-order valence-corrected chi connectivity index (χ3v) is 5.48. The fraction of sp³-hybridized carbons (Fsp3) is 0.455. The Bertz CT molecular complexity index is 1050. The van der Waals surface area contributed by atoms with Crippen LogP contribution in [0, 0.1) is 4.77 Å². The summed E-state index contributed by atoms with van der Waals surface area (Å²) in [4.78, 5) is 28.7. The van der Waals surface area contributed by atoms with Crippen LogP contribution in [0.25, 0.3) is 11.3 Å². The van der Waals surface area contributed by atoms with Crippen LogP contribution in [0.2, 0.25) is 0 Å². The molecule has 0 spiro atoms. The van der Waals surface area contributed by atoms with E-state index in [-0.39, 0.29) is 31.4 Å². The van der Waals surface area contributed by atoms with Gasteiger partial charge in [-0.2, -0.15) is 0 Å². The van der Waals surface area contributed by atoms with Gasteiger partial charge in [0.2, 0.25) is 16.6 Å². The van der Waals surface area contributed by atoms with Gasteiger partial charge in [-0.25, -0.2) is 4.98 Å². The van der Waals surface area contributed by atoms with E-state index < -0.39 is 6.04 Å². The Hall–Kier alpha value is -2.98. The molecule has 1 unspecified atom stereocenters. The first-order valence-electron chi connectivity index (χ1n) is 10.5. The van der Waals surface area contributed by atoms with E-state index in [9.17, 15) is 9.59 Å². The van der Waals surface area contributed by atoms with E-state index in [1.165, 1.54) is 0 Å². The maximum atomic E-state index is 12.6. The fourth-order valence-electron chi connectivity index (χ4n) is 3.25. The highest BCUT2D eigenvalue weighted by Gasteiger charge is 2.27. The minimum atomic E-state index is -0.595. The highest BCUT2D eigenvalue weighted by atomic mass is 32.1. The highest BCUT2D eigenvalue weighted by Crippen LogP contribution is 2.41. The quantitative estimate of drug-likeness (QED) is 0.366. The van der Waals surface area contributed by atoms with Crippen molar-refractivity contribution < 1.29 is 19.1 Å². The Labute approximate surface area is 192 Å². The van der Waals surface area contributed by atoms with Crippen molar-refractivity contribution in [1.82, 2.24) is 20.2 Å². The van der Waals surface area contributed by atoms with Gasteiger partial charge < -0.3 is 30.4 Å². The molecule has 1 fully saturated rings. The minimum Gasteiger partial charge on any atom is -0.497 e. The summed E-state index contributed by atoms with van der Waals surface area (Å²) in [6.07, 6.45) is 2.16. The number of carbonyl (C=O) groups is 2. The van der Waals surface area contributed by atoms with E-state index in [0.29, 0.717) is 22.2 Å². The number of carbonyl (C=O) groups excluding carboxylic acids is 2. The molecule has 32 heavy (non-hydrogen) atoms. The van der Waals surface area contributed by atoms with Crippen LogP contribution < -0.4 is 25.8 Å². The fourth-order valence-corrected chi connectivity index (χ4v) is 3.51. The summed E-state index contributed by atoms with van der Waals surface area (Å²) in [7, 11) is 3.18. The third-order valence-electron chi connectivity index (χ3n) is 5.17. The smallest absolute Gasteiger partial charge is 0.240 e. The monoisotopic (exact) mass is 459 g/mol. The van der Waals surface area contributed by atoms with Gasteiger partial charge >= 0.3 is 0 Å². The molecule has 3 rings (SSSR count). The predicted octanol–water partition coefficient (Wildman–Crippen LogP) is 1.75. The van der Waals surface area contributed by atoms with Crippen LogP contribution in [0.15, 0.2) is 24.3 Å². The first-order chi connectivity index (χ1) is 15.3. The number of hydrogen-bond acceptors (Lipinski definition) is 7. The Balaban J connectivity index is 1.84. The molecule has 0 radical (unpaired) electrons. The topological polar surface area (TPSA) is 120 Å². The van der Waals surface area contributed by atoms with Crippen molar-refractivity contribution in [3.63, 3.8) is 0 Å². The number of benzene rings is 1.